The van der Waals surface area contributed by atoms with Crippen molar-refractivity contribution in [2.24, 2.45) is 11.8 Å². The predicted octanol–water partition coefficient (Wildman–Crippen LogP) is 4.66. The van der Waals surface area contributed by atoms with Crippen LogP contribution in [-0.4, -0.2) is 15.0 Å². The molecule has 1 fully saturated rings. The number of pyridine rings is 1. The summed E-state index contributed by atoms with van der Waals surface area (Å²) in [5.74, 6) is 2.99. The largest absolute Gasteiger partial charge is 0.363 e. The second-order valence-electron chi connectivity index (χ2n) is 6.87. The number of hydrogen-bond donors (Lipinski definition) is 1. The molecule has 1 aromatic carbocycles. The van der Waals surface area contributed by atoms with Gasteiger partial charge in [-0.05, 0) is 42.9 Å². The molecule has 0 saturated heterocycles. The average Bonchev–Trinajstić information content (AvgIpc) is 3.37. The van der Waals surface area contributed by atoms with Gasteiger partial charge in [0.2, 0.25) is 0 Å². The van der Waals surface area contributed by atoms with Gasteiger partial charge in [0.25, 0.3) is 0 Å². The topological polar surface area (TPSA) is 50.7 Å². The summed E-state index contributed by atoms with van der Waals surface area (Å²) in [5, 5.41) is 3.67. The zero-order valence-electron chi connectivity index (χ0n) is 14.6. The van der Waals surface area contributed by atoms with Gasteiger partial charge in [0.1, 0.15) is 5.82 Å². The highest BCUT2D eigenvalue weighted by Crippen LogP contribution is 2.48. The van der Waals surface area contributed by atoms with E-state index in [0.717, 1.165) is 23.0 Å². The van der Waals surface area contributed by atoms with E-state index in [4.69, 9.17) is 4.98 Å². The molecule has 126 valence electrons. The minimum Gasteiger partial charge on any atom is -0.363 e. The van der Waals surface area contributed by atoms with Crippen LogP contribution in [0.1, 0.15) is 30.6 Å². The van der Waals surface area contributed by atoms with Crippen molar-refractivity contribution in [3.05, 3.63) is 72.2 Å². The van der Waals surface area contributed by atoms with Gasteiger partial charge in [-0.1, -0.05) is 37.3 Å². The van der Waals surface area contributed by atoms with Crippen molar-refractivity contribution in [3.63, 3.8) is 0 Å². The number of benzene rings is 1. The fourth-order valence-electron chi connectivity index (χ4n) is 3.34. The van der Waals surface area contributed by atoms with Crippen molar-refractivity contribution in [3.8, 4) is 11.4 Å². The zero-order valence-corrected chi connectivity index (χ0v) is 14.6. The molecule has 2 aromatic heterocycles. The molecule has 4 rings (SSSR count). The molecule has 1 saturated carbocycles. The Morgan fingerprint density at radius 1 is 1.08 bits per heavy atom. The number of rotatable bonds is 5. The van der Waals surface area contributed by atoms with Crippen molar-refractivity contribution < 1.29 is 0 Å². The van der Waals surface area contributed by atoms with E-state index >= 15 is 0 Å². The Labute approximate surface area is 148 Å². The van der Waals surface area contributed by atoms with E-state index in [0.29, 0.717) is 11.7 Å². The summed E-state index contributed by atoms with van der Waals surface area (Å²) in [7, 11) is 0. The molecule has 3 unspecified atom stereocenters. The molecular formula is C21H22N4. The van der Waals surface area contributed by atoms with Crippen LogP contribution in [0.5, 0.6) is 0 Å². The number of anilines is 1. The van der Waals surface area contributed by atoms with Crippen molar-refractivity contribution in [2.45, 2.75) is 26.3 Å². The van der Waals surface area contributed by atoms with Crippen LogP contribution >= 0.6 is 0 Å². The van der Waals surface area contributed by atoms with E-state index in [2.05, 4.69) is 52.5 Å². The lowest BCUT2D eigenvalue weighted by Crippen LogP contribution is -2.15. The van der Waals surface area contributed by atoms with E-state index in [9.17, 15) is 0 Å². The Kier molecular flexibility index (Phi) is 4.18. The first-order chi connectivity index (χ1) is 12.2. The van der Waals surface area contributed by atoms with Crippen LogP contribution in [0.15, 0.2) is 60.9 Å². The van der Waals surface area contributed by atoms with Crippen LogP contribution in [0.2, 0.25) is 0 Å². The lowest BCUT2D eigenvalue weighted by molar-refractivity contribution is 0.629. The maximum absolute atomic E-state index is 4.74. The quantitative estimate of drug-likeness (QED) is 0.739. The number of aromatic nitrogens is 3. The fraction of sp³-hybridized carbons (Fsp3) is 0.286. The van der Waals surface area contributed by atoms with Gasteiger partial charge in [-0.3, -0.25) is 4.98 Å². The molecule has 0 aliphatic heterocycles. The molecule has 25 heavy (non-hydrogen) atoms. The monoisotopic (exact) mass is 330 g/mol. The standard InChI is InChI=1S/C21H22N4/c1-14-11-18(14)20(16-7-4-3-5-8-16)24-19-12-15(2)23-21(25-19)17-9-6-10-22-13-17/h3-10,12-14,18,20H,11H2,1-2H3,(H,23,24,25). The van der Waals surface area contributed by atoms with E-state index in [1.165, 1.54) is 12.0 Å². The van der Waals surface area contributed by atoms with Crippen LogP contribution < -0.4 is 5.32 Å². The highest BCUT2D eigenvalue weighted by molar-refractivity contribution is 5.56. The zero-order chi connectivity index (χ0) is 17.2. The highest BCUT2D eigenvalue weighted by atomic mass is 15.1. The van der Waals surface area contributed by atoms with Gasteiger partial charge in [-0.25, -0.2) is 9.97 Å². The molecule has 0 spiro atoms. The first kappa shape index (κ1) is 15.8. The first-order valence-electron chi connectivity index (χ1n) is 8.78. The summed E-state index contributed by atoms with van der Waals surface area (Å²) < 4.78 is 0. The number of hydrogen-bond acceptors (Lipinski definition) is 4. The first-order valence-corrected chi connectivity index (χ1v) is 8.78. The van der Waals surface area contributed by atoms with Crippen molar-refractivity contribution in [1.82, 2.24) is 15.0 Å². The van der Waals surface area contributed by atoms with Gasteiger partial charge in [0.05, 0.1) is 6.04 Å². The maximum atomic E-state index is 4.74. The Morgan fingerprint density at radius 3 is 2.56 bits per heavy atom. The summed E-state index contributed by atoms with van der Waals surface area (Å²) in [5.41, 5.74) is 3.20. The molecule has 1 aliphatic carbocycles. The SMILES string of the molecule is Cc1cc(NC(c2ccccc2)C2CC2C)nc(-c2cccnc2)n1. The van der Waals surface area contributed by atoms with E-state index < -0.39 is 0 Å². The van der Waals surface area contributed by atoms with E-state index in [-0.39, 0.29) is 6.04 Å². The molecule has 3 atom stereocenters. The number of nitrogens with zero attached hydrogens (tertiary/aromatic N) is 3. The third-order valence-electron chi connectivity index (χ3n) is 4.84. The summed E-state index contributed by atoms with van der Waals surface area (Å²) in [6, 6.07) is 16.8. The molecule has 1 aliphatic rings. The van der Waals surface area contributed by atoms with Crippen LogP contribution in [0, 0.1) is 18.8 Å². The minimum atomic E-state index is 0.284. The van der Waals surface area contributed by atoms with Gasteiger partial charge >= 0.3 is 0 Å². The van der Waals surface area contributed by atoms with Crippen LogP contribution in [0.25, 0.3) is 11.4 Å². The fourth-order valence-corrected chi connectivity index (χ4v) is 3.34. The van der Waals surface area contributed by atoms with E-state index in [1.54, 1.807) is 12.4 Å². The van der Waals surface area contributed by atoms with Gasteiger partial charge < -0.3 is 5.32 Å². The number of aryl methyl sites for hydroxylation is 1. The Hall–Kier alpha value is -2.75. The van der Waals surface area contributed by atoms with Crippen LogP contribution in [-0.2, 0) is 0 Å². The number of nitrogens with one attached hydrogen (secondary N) is 1. The summed E-state index contributed by atoms with van der Waals surface area (Å²) in [4.78, 5) is 13.5. The minimum absolute atomic E-state index is 0.284. The van der Waals surface area contributed by atoms with Gasteiger partial charge in [-0.15, -0.1) is 0 Å². The molecule has 1 N–H and O–H groups in total. The van der Waals surface area contributed by atoms with Crippen molar-refractivity contribution >= 4 is 5.82 Å². The third kappa shape index (κ3) is 3.53. The van der Waals surface area contributed by atoms with Crippen LogP contribution in [0.3, 0.4) is 0 Å². The molecule has 2 heterocycles. The average molecular weight is 330 g/mol. The van der Waals surface area contributed by atoms with Crippen molar-refractivity contribution in [2.75, 3.05) is 5.32 Å². The van der Waals surface area contributed by atoms with Crippen LogP contribution in [0.4, 0.5) is 5.82 Å². The van der Waals surface area contributed by atoms with Gasteiger partial charge in [-0.2, -0.15) is 0 Å². The Balaban J connectivity index is 1.66. The molecule has 4 nitrogen and oxygen atoms in total. The molecule has 0 bridgehead atoms. The predicted molar refractivity (Wildman–Crippen MR) is 100 cm³/mol. The van der Waals surface area contributed by atoms with E-state index in [1.807, 2.05) is 25.1 Å². The Morgan fingerprint density at radius 2 is 1.88 bits per heavy atom. The third-order valence-corrected chi connectivity index (χ3v) is 4.84. The van der Waals surface area contributed by atoms with Gasteiger partial charge in [0, 0.05) is 29.7 Å². The summed E-state index contributed by atoms with van der Waals surface area (Å²) in [6.07, 6.45) is 4.82. The second-order valence-corrected chi connectivity index (χ2v) is 6.87. The second kappa shape index (κ2) is 6.63. The highest BCUT2D eigenvalue weighted by Gasteiger charge is 2.40. The molecule has 3 aromatic rings. The molecule has 4 heteroatoms. The smallest absolute Gasteiger partial charge is 0.163 e. The van der Waals surface area contributed by atoms with Gasteiger partial charge in [0.15, 0.2) is 5.82 Å². The van der Waals surface area contributed by atoms with Crippen molar-refractivity contribution in [1.29, 1.82) is 0 Å². The Bertz CT molecular complexity index is 848. The summed E-state index contributed by atoms with van der Waals surface area (Å²) in [6.45, 7) is 4.32. The lowest BCUT2D eigenvalue weighted by Gasteiger charge is -2.20. The maximum Gasteiger partial charge on any atom is 0.163 e. The normalized spacial score (nSPS) is 20.1. The summed E-state index contributed by atoms with van der Waals surface area (Å²) >= 11 is 0. The lowest BCUT2D eigenvalue weighted by atomic mass is 10.0. The molecular weight excluding hydrogens is 308 g/mol. The molecule has 0 radical (unpaired) electrons. The molecule has 0 amide bonds.